The molecule has 0 saturated heterocycles. The number of hydrogen-bond acceptors (Lipinski definition) is 7. The number of nitriles is 1. The summed E-state index contributed by atoms with van der Waals surface area (Å²) in [5.74, 6) is -1.01. The Bertz CT molecular complexity index is 1370. The van der Waals surface area contributed by atoms with E-state index in [1.165, 1.54) is 0 Å². The molecule has 3 fully saturated rings. The normalized spacial score (nSPS) is 44.3. The zero-order valence-corrected chi connectivity index (χ0v) is 28.2. The Hall–Kier alpha value is -2.34. The molecule has 0 aromatic rings. The fourth-order valence-corrected chi connectivity index (χ4v) is 10.9. The topological polar surface area (TPSA) is 126 Å². The molecule has 44 heavy (non-hydrogen) atoms. The predicted molar refractivity (Wildman–Crippen MR) is 166 cm³/mol. The van der Waals surface area contributed by atoms with Gasteiger partial charge in [-0.2, -0.15) is 5.26 Å². The fraction of sp³-hybridized carbons (Fsp3) is 0.778. The fourth-order valence-electron chi connectivity index (χ4n) is 10.9. The molecule has 0 aromatic carbocycles. The molecule has 0 spiro atoms. The molecule has 8 atom stereocenters. The molecule has 8 nitrogen and oxygen atoms in total. The van der Waals surface area contributed by atoms with Gasteiger partial charge in [0.2, 0.25) is 5.91 Å². The molecule has 0 unspecified atom stereocenters. The Morgan fingerprint density at radius 1 is 1.00 bits per heavy atom. The van der Waals surface area contributed by atoms with Gasteiger partial charge < -0.3 is 19.9 Å². The minimum absolute atomic E-state index is 0.0656. The van der Waals surface area contributed by atoms with Crippen LogP contribution in [0, 0.1) is 55.7 Å². The summed E-state index contributed by atoms with van der Waals surface area (Å²) in [4.78, 5) is 41.8. The van der Waals surface area contributed by atoms with E-state index in [2.05, 4.69) is 39.1 Å². The Labute approximate surface area is 263 Å². The minimum Gasteiger partial charge on any atom is -0.382 e. The molecular weight excluding hydrogens is 556 g/mol. The van der Waals surface area contributed by atoms with E-state index in [1.54, 1.807) is 20.3 Å². The number of fused-ring (bicyclic) bond motifs is 7. The first kappa shape index (κ1) is 33.0. The monoisotopic (exact) mass is 608 g/mol. The quantitative estimate of drug-likeness (QED) is 0.430. The second-order valence-corrected chi connectivity index (χ2v) is 16.5. The first-order chi connectivity index (χ1) is 20.3. The van der Waals surface area contributed by atoms with E-state index in [0.717, 1.165) is 31.3 Å². The molecule has 8 heteroatoms. The number of amides is 1. The Morgan fingerprint density at radius 3 is 2.20 bits per heavy atom. The van der Waals surface area contributed by atoms with Gasteiger partial charge in [-0.3, -0.25) is 14.4 Å². The zero-order chi connectivity index (χ0) is 32.7. The number of allylic oxidation sites excluding steroid dienone is 3. The number of rotatable bonds is 6. The molecular formula is C36H52N2O6. The van der Waals surface area contributed by atoms with Crippen LogP contribution in [0.2, 0.25) is 0 Å². The van der Waals surface area contributed by atoms with Crippen LogP contribution in [-0.2, 0) is 23.9 Å². The average Bonchev–Trinajstić information content (AvgIpc) is 2.95. The van der Waals surface area contributed by atoms with Crippen LogP contribution in [0.5, 0.6) is 0 Å². The number of hydrogen-bond donors (Lipinski definition) is 2. The minimum atomic E-state index is -1.66. The van der Waals surface area contributed by atoms with Crippen molar-refractivity contribution in [3.8, 4) is 6.07 Å². The second-order valence-electron chi connectivity index (χ2n) is 16.5. The van der Waals surface area contributed by atoms with Gasteiger partial charge in [0, 0.05) is 41.8 Å². The molecule has 0 aromatic heterocycles. The second kappa shape index (κ2) is 10.3. The van der Waals surface area contributed by atoms with E-state index in [1.807, 2.05) is 26.8 Å². The van der Waals surface area contributed by atoms with Crippen molar-refractivity contribution in [3.63, 3.8) is 0 Å². The number of Topliss-reactive ketones (excluding diaryl/α,β-unsaturated/α-hetero) is 1. The van der Waals surface area contributed by atoms with E-state index in [-0.39, 0.29) is 40.4 Å². The lowest BCUT2D eigenvalue weighted by Gasteiger charge is -2.71. The van der Waals surface area contributed by atoms with Crippen molar-refractivity contribution in [3.05, 3.63) is 23.3 Å². The van der Waals surface area contributed by atoms with Crippen molar-refractivity contribution in [2.45, 2.75) is 105 Å². The van der Waals surface area contributed by atoms with Crippen molar-refractivity contribution < 1.29 is 29.0 Å². The number of nitrogens with one attached hydrogen (secondary N) is 1. The van der Waals surface area contributed by atoms with E-state index in [9.17, 15) is 24.8 Å². The number of ether oxygens (including phenoxy) is 2. The van der Waals surface area contributed by atoms with Crippen LogP contribution < -0.4 is 5.32 Å². The number of nitrogens with zero attached hydrogens (tertiary/aromatic N) is 1. The lowest BCUT2D eigenvalue weighted by atomic mass is 9.33. The Kier molecular flexibility index (Phi) is 7.76. The third kappa shape index (κ3) is 4.14. The Balaban J connectivity index is 1.60. The van der Waals surface area contributed by atoms with E-state index in [0.29, 0.717) is 32.5 Å². The predicted octanol–water partition coefficient (Wildman–Crippen LogP) is 5.10. The van der Waals surface area contributed by atoms with Crippen molar-refractivity contribution in [2.24, 2.45) is 44.3 Å². The molecule has 5 aliphatic rings. The average molecular weight is 609 g/mol. The summed E-state index contributed by atoms with van der Waals surface area (Å²) in [6, 6.07) is 1.85. The highest BCUT2D eigenvalue weighted by Crippen LogP contribution is 2.75. The SMILES string of the molecule is COCC(COC)NC(=O)[C@@]1(C)CC[C@]2(C)CC[C@@]3(C)[C@]4(C)CC[C@H]5C(C)(C)C(=O)C(C#N)=C[C@]5(C)C4=CC(=O)[C@]3(O)[C@@H]2C1. The molecule has 5 aliphatic carbocycles. The molecule has 0 heterocycles. The molecule has 1 amide bonds. The van der Waals surface area contributed by atoms with Gasteiger partial charge in [-0.25, -0.2) is 0 Å². The van der Waals surface area contributed by atoms with Crippen molar-refractivity contribution in [1.29, 1.82) is 5.26 Å². The third-order valence-electron chi connectivity index (χ3n) is 13.9. The zero-order valence-electron chi connectivity index (χ0n) is 28.2. The smallest absolute Gasteiger partial charge is 0.226 e. The highest BCUT2D eigenvalue weighted by atomic mass is 16.5. The van der Waals surface area contributed by atoms with E-state index < -0.39 is 38.6 Å². The Morgan fingerprint density at radius 2 is 1.61 bits per heavy atom. The van der Waals surface area contributed by atoms with Crippen LogP contribution in [-0.4, -0.2) is 61.7 Å². The number of carbonyl (C=O) groups excluding carboxylic acids is 3. The molecule has 242 valence electrons. The maximum Gasteiger partial charge on any atom is 0.226 e. The van der Waals surface area contributed by atoms with Crippen molar-refractivity contribution in [2.75, 3.05) is 27.4 Å². The molecule has 2 N–H and O–H groups in total. The number of methoxy groups -OCH3 is 2. The molecule has 0 aliphatic heterocycles. The summed E-state index contributed by atoms with van der Waals surface area (Å²) in [5.41, 5.74) is -4.40. The van der Waals surface area contributed by atoms with Gasteiger partial charge in [-0.1, -0.05) is 54.5 Å². The lowest BCUT2D eigenvalue weighted by Crippen LogP contribution is -2.74. The number of carbonyl (C=O) groups is 3. The highest BCUT2D eigenvalue weighted by molar-refractivity contribution is 6.05. The van der Waals surface area contributed by atoms with Gasteiger partial charge in [0.05, 0.1) is 24.8 Å². The van der Waals surface area contributed by atoms with Gasteiger partial charge >= 0.3 is 0 Å². The van der Waals surface area contributed by atoms with Crippen molar-refractivity contribution >= 4 is 17.5 Å². The summed E-state index contributed by atoms with van der Waals surface area (Å²) < 4.78 is 10.6. The summed E-state index contributed by atoms with van der Waals surface area (Å²) in [6.07, 6.45) is 8.34. The van der Waals surface area contributed by atoms with Crippen LogP contribution in [0.3, 0.4) is 0 Å². The molecule has 5 rings (SSSR count). The molecule has 0 bridgehead atoms. The van der Waals surface area contributed by atoms with Crippen LogP contribution in [0.4, 0.5) is 0 Å². The highest BCUT2D eigenvalue weighted by Gasteiger charge is 2.75. The largest absolute Gasteiger partial charge is 0.382 e. The van der Waals surface area contributed by atoms with Crippen molar-refractivity contribution in [1.82, 2.24) is 5.32 Å². The van der Waals surface area contributed by atoms with Gasteiger partial charge in [0.1, 0.15) is 11.7 Å². The third-order valence-corrected chi connectivity index (χ3v) is 13.9. The number of ketones is 2. The summed E-state index contributed by atoms with van der Waals surface area (Å²) >= 11 is 0. The van der Waals surface area contributed by atoms with Crippen LogP contribution >= 0.6 is 0 Å². The van der Waals surface area contributed by atoms with Crippen LogP contribution in [0.15, 0.2) is 23.3 Å². The van der Waals surface area contributed by atoms with Gasteiger partial charge in [-0.05, 0) is 73.3 Å². The van der Waals surface area contributed by atoms with Crippen LogP contribution in [0.1, 0.15) is 93.4 Å². The molecule has 0 radical (unpaired) electrons. The lowest BCUT2D eigenvalue weighted by molar-refractivity contribution is -0.242. The summed E-state index contributed by atoms with van der Waals surface area (Å²) in [5, 5.41) is 26.2. The maximum atomic E-state index is 14.7. The standard InChI is InChI=1S/C36H52N2O6/c1-30(2)24-10-11-34(6)25(33(24,5)17-22(19-37)28(30)40)16-27(39)36(42)26-18-32(4,29(41)38-23(20-43-8)21-44-9)13-12-31(26,3)14-15-35(34,36)7/h16-17,23-24,26,42H,10-15,18,20-21H2,1-9H3,(H,38,41)/t24-,26+,31+,32-,33-,34+,35-,36+/m0/s1. The van der Waals surface area contributed by atoms with Crippen LogP contribution in [0.25, 0.3) is 0 Å². The summed E-state index contributed by atoms with van der Waals surface area (Å²) in [7, 11) is 3.18. The number of aliphatic hydroxyl groups is 1. The molecule has 3 saturated carbocycles. The van der Waals surface area contributed by atoms with Gasteiger partial charge in [0.15, 0.2) is 11.6 Å². The maximum absolute atomic E-state index is 14.7. The van der Waals surface area contributed by atoms with E-state index >= 15 is 0 Å². The summed E-state index contributed by atoms with van der Waals surface area (Å²) in [6.45, 7) is 15.0. The first-order valence-corrected chi connectivity index (χ1v) is 16.3. The van der Waals surface area contributed by atoms with Gasteiger partial charge in [0.25, 0.3) is 0 Å². The van der Waals surface area contributed by atoms with Gasteiger partial charge in [-0.15, -0.1) is 0 Å². The van der Waals surface area contributed by atoms with E-state index in [4.69, 9.17) is 9.47 Å². The first-order valence-electron chi connectivity index (χ1n) is 16.3.